The van der Waals surface area contributed by atoms with Crippen LogP contribution in [0, 0.1) is 11.8 Å². The van der Waals surface area contributed by atoms with Gasteiger partial charge in [0.15, 0.2) is 0 Å². The minimum atomic E-state index is -2.69. The molecule has 1 saturated carbocycles. The Morgan fingerprint density at radius 1 is 1.18 bits per heavy atom. The molecule has 1 aliphatic carbocycles. The van der Waals surface area contributed by atoms with Crippen LogP contribution in [0.5, 0.6) is 0 Å². The van der Waals surface area contributed by atoms with Crippen molar-refractivity contribution in [3.8, 4) is 11.4 Å². The molecule has 0 unspecified atom stereocenters. The van der Waals surface area contributed by atoms with Crippen molar-refractivity contribution in [3.63, 3.8) is 0 Å². The summed E-state index contributed by atoms with van der Waals surface area (Å²) in [5.74, 6) is -2.02. The summed E-state index contributed by atoms with van der Waals surface area (Å²) < 4.78 is 32.1. The summed E-state index contributed by atoms with van der Waals surface area (Å²) in [5.41, 5.74) is 4.95. The molecule has 5 rings (SSSR count). The van der Waals surface area contributed by atoms with E-state index in [-0.39, 0.29) is 18.9 Å². The number of aryl methyl sites for hydroxylation is 2. The molecule has 0 radical (unpaired) electrons. The summed E-state index contributed by atoms with van der Waals surface area (Å²) in [6.07, 6.45) is 5.93. The minimum Gasteiger partial charge on any atom is -0.364 e. The minimum absolute atomic E-state index is 0.0650. The van der Waals surface area contributed by atoms with E-state index in [0.29, 0.717) is 30.9 Å². The molecule has 33 heavy (non-hydrogen) atoms. The highest BCUT2D eigenvalue weighted by Crippen LogP contribution is 2.35. The predicted octanol–water partition coefficient (Wildman–Crippen LogP) is 3.51. The second kappa shape index (κ2) is 8.46. The number of aromatic nitrogens is 7. The van der Waals surface area contributed by atoms with Gasteiger partial charge in [-0.15, -0.1) is 10.2 Å². The van der Waals surface area contributed by atoms with Crippen molar-refractivity contribution in [2.24, 2.45) is 18.9 Å². The normalized spacial score (nSPS) is 20.4. The SMILES string of the molecule is CCc1nc(-c2nnn(C)c2Cn2nncc2CC2CC2)ccc1N1C[C@@H](C)CC(F)(F)C1. The predicted molar refractivity (Wildman–Crippen MR) is 120 cm³/mol. The van der Waals surface area contributed by atoms with Gasteiger partial charge >= 0.3 is 0 Å². The molecular weight excluding hydrogens is 426 g/mol. The van der Waals surface area contributed by atoms with Gasteiger partial charge in [-0.1, -0.05) is 24.3 Å². The molecule has 3 aromatic heterocycles. The molecule has 2 aliphatic rings. The van der Waals surface area contributed by atoms with Gasteiger partial charge in [-0.25, -0.2) is 23.1 Å². The summed E-state index contributed by atoms with van der Waals surface area (Å²) >= 11 is 0. The first-order valence-electron chi connectivity index (χ1n) is 11.7. The van der Waals surface area contributed by atoms with Crippen LogP contribution in [-0.4, -0.2) is 54.0 Å². The molecule has 8 nitrogen and oxygen atoms in total. The van der Waals surface area contributed by atoms with Crippen molar-refractivity contribution in [2.45, 2.75) is 58.4 Å². The second-order valence-electron chi connectivity index (χ2n) is 9.60. The summed E-state index contributed by atoms with van der Waals surface area (Å²) in [5, 5.41) is 17.0. The van der Waals surface area contributed by atoms with Gasteiger partial charge in [-0.2, -0.15) is 0 Å². The summed E-state index contributed by atoms with van der Waals surface area (Å²) in [6, 6.07) is 3.77. The van der Waals surface area contributed by atoms with E-state index in [9.17, 15) is 8.78 Å². The summed E-state index contributed by atoms with van der Waals surface area (Å²) in [7, 11) is 1.86. The van der Waals surface area contributed by atoms with Crippen molar-refractivity contribution in [3.05, 3.63) is 35.4 Å². The molecule has 1 aliphatic heterocycles. The highest BCUT2D eigenvalue weighted by atomic mass is 19.3. The van der Waals surface area contributed by atoms with Gasteiger partial charge in [0, 0.05) is 20.0 Å². The molecular formula is C23H30F2N8. The first kappa shape index (κ1) is 21.9. The third-order valence-electron chi connectivity index (χ3n) is 6.60. The van der Waals surface area contributed by atoms with Gasteiger partial charge in [-0.05, 0) is 49.7 Å². The molecule has 176 valence electrons. The smallest absolute Gasteiger partial charge is 0.265 e. The van der Waals surface area contributed by atoms with Crippen molar-refractivity contribution in [2.75, 3.05) is 18.0 Å². The summed E-state index contributed by atoms with van der Waals surface area (Å²) in [6.45, 7) is 4.72. The number of rotatable bonds is 7. The van der Waals surface area contributed by atoms with E-state index in [1.165, 1.54) is 12.8 Å². The Bertz CT molecular complexity index is 1130. The number of halogens is 2. The molecule has 1 atom stereocenters. The Morgan fingerprint density at radius 3 is 2.73 bits per heavy atom. The van der Waals surface area contributed by atoms with Gasteiger partial charge in [0.05, 0.1) is 47.7 Å². The standard InChI is InChI=1S/C23H30F2N8/c1-4-18-20(32-12-15(2)10-23(24,25)14-32)8-7-19(27-18)22-21(31(3)30-28-22)13-33-17(11-26-29-33)9-16-5-6-16/h7-8,11,15-16H,4-6,9-10,12-14H2,1-3H3/t15-/m0/s1. The Balaban J connectivity index is 1.44. The molecule has 0 bridgehead atoms. The zero-order valence-corrected chi connectivity index (χ0v) is 19.4. The second-order valence-corrected chi connectivity index (χ2v) is 9.60. The molecule has 0 amide bonds. The van der Waals surface area contributed by atoms with Crippen LogP contribution < -0.4 is 4.90 Å². The van der Waals surface area contributed by atoms with Crippen molar-refractivity contribution >= 4 is 5.69 Å². The Kier molecular flexibility index (Phi) is 5.62. The molecule has 0 aromatic carbocycles. The molecule has 3 aromatic rings. The van der Waals surface area contributed by atoms with Gasteiger partial charge in [-0.3, -0.25) is 0 Å². The maximum atomic E-state index is 14.2. The van der Waals surface area contributed by atoms with Gasteiger partial charge in [0.2, 0.25) is 0 Å². The van der Waals surface area contributed by atoms with Gasteiger partial charge in [0.1, 0.15) is 5.69 Å². The van der Waals surface area contributed by atoms with E-state index < -0.39 is 5.92 Å². The lowest BCUT2D eigenvalue weighted by Gasteiger charge is -2.38. The van der Waals surface area contributed by atoms with E-state index in [2.05, 4.69) is 20.6 Å². The van der Waals surface area contributed by atoms with E-state index in [0.717, 1.165) is 35.1 Å². The first-order valence-corrected chi connectivity index (χ1v) is 11.7. The van der Waals surface area contributed by atoms with Crippen LogP contribution in [0.2, 0.25) is 0 Å². The van der Waals surface area contributed by atoms with E-state index in [4.69, 9.17) is 4.98 Å². The highest BCUT2D eigenvalue weighted by Gasteiger charge is 2.39. The quantitative estimate of drug-likeness (QED) is 0.542. The molecule has 0 N–H and O–H groups in total. The van der Waals surface area contributed by atoms with Crippen LogP contribution >= 0.6 is 0 Å². The highest BCUT2D eigenvalue weighted by molar-refractivity contribution is 5.62. The number of anilines is 1. The average molecular weight is 457 g/mol. The van der Waals surface area contributed by atoms with E-state index in [1.807, 2.05) is 43.9 Å². The number of nitrogens with zero attached hydrogens (tertiary/aromatic N) is 8. The number of hydrogen-bond donors (Lipinski definition) is 0. The maximum absolute atomic E-state index is 14.2. The Morgan fingerprint density at radius 2 is 2.00 bits per heavy atom. The summed E-state index contributed by atoms with van der Waals surface area (Å²) in [4.78, 5) is 6.62. The van der Waals surface area contributed by atoms with Gasteiger partial charge < -0.3 is 4.90 Å². The van der Waals surface area contributed by atoms with Crippen LogP contribution in [0.4, 0.5) is 14.5 Å². The lowest BCUT2D eigenvalue weighted by molar-refractivity contribution is -0.0263. The fourth-order valence-corrected chi connectivity index (χ4v) is 4.80. The zero-order chi connectivity index (χ0) is 23.2. The topological polar surface area (TPSA) is 77.5 Å². The van der Waals surface area contributed by atoms with Crippen molar-refractivity contribution in [1.29, 1.82) is 0 Å². The average Bonchev–Trinajstić information content (AvgIpc) is 3.36. The van der Waals surface area contributed by atoms with Crippen molar-refractivity contribution < 1.29 is 8.78 Å². The fourth-order valence-electron chi connectivity index (χ4n) is 4.80. The number of piperidine rings is 1. The lowest BCUT2D eigenvalue weighted by Crippen LogP contribution is -2.46. The third kappa shape index (κ3) is 4.60. The molecule has 2 fully saturated rings. The van der Waals surface area contributed by atoms with Crippen LogP contribution in [0.25, 0.3) is 11.4 Å². The van der Waals surface area contributed by atoms with E-state index in [1.54, 1.807) is 9.58 Å². The van der Waals surface area contributed by atoms with Crippen LogP contribution in [0.3, 0.4) is 0 Å². The maximum Gasteiger partial charge on any atom is 0.265 e. The molecule has 1 saturated heterocycles. The molecule has 4 heterocycles. The molecule has 0 spiro atoms. The largest absolute Gasteiger partial charge is 0.364 e. The van der Waals surface area contributed by atoms with Crippen molar-refractivity contribution in [1.82, 2.24) is 35.0 Å². The third-order valence-corrected chi connectivity index (χ3v) is 6.60. The van der Waals surface area contributed by atoms with Gasteiger partial charge in [0.25, 0.3) is 5.92 Å². The Labute approximate surface area is 192 Å². The monoisotopic (exact) mass is 456 g/mol. The Hall–Kier alpha value is -2.91. The fraction of sp³-hybridized carbons (Fsp3) is 0.609. The van der Waals surface area contributed by atoms with Crippen LogP contribution in [0.1, 0.15) is 50.2 Å². The zero-order valence-electron chi connectivity index (χ0n) is 19.4. The van der Waals surface area contributed by atoms with Crippen LogP contribution in [0.15, 0.2) is 18.3 Å². The number of hydrogen-bond acceptors (Lipinski definition) is 6. The lowest BCUT2D eigenvalue weighted by atomic mass is 9.96. The number of pyridine rings is 1. The molecule has 10 heteroatoms. The van der Waals surface area contributed by atoms with Crippen LogP contribution in [-0.2, 0) is 26.4 Å². The number of alkyl halides is 2. The van der Waals surface area contributed by atoms with E-state index >= 15 is 0 Å². The first-order chi connectivity index (χ1) is 15.8.